The first-order chi connectivity index (χ1) is 9.58. The number of amides is 1. The Kier molecular flexibility index (Phi) is 5.17. The van der Waals surface area contributed by atoms with Crippen molar-refractivity contribution < 1.29 is 9.90 Å². The van der Waals surface area contributed by atoms with Gasteiger partial charge < -0.3 is 10.4 Å². The Morgan fingerprint density at radius 1 is 1.45 bits per heavy atom. The molecule has 1 aliphatic rings. The largest absolute Gasteiger partial charge is 0.396 e. The van der Waals surface area contributed by atoms with Gasteiger partial charge in [0.25, 0.3) is 0 Å². The molecule has 0 aromatic carbocycles. The number of aryl methyl sites for hydroxylation is 3. The SMILES string of the molecule is Cc1nn(C)cc1CCC(=O)NC1CCC(CO)CC1. The van der Waals surface area contributed by atoms with Crippen LogP contribution in [0.2, 0.25) is 0 Å². The van der Waals surface area contributed by atoms with Crippen LogP contribution in [0.15, 0.2) is 6.20 Å². The van der Waals surface area contributed by atoms with E-state index in [0.717, 1.165) is 43.4 Å². The summed E-state index contributed by atoms with van der Waals surface area (Å²) in [6, 6.07) is 0.292. The van der Waals surface area contributed by atoms with Crippen LogP contribution in [0.4, 0.5) is 0 Å². The van der Waals surface area contributed by atoms with E-state index in [2.05, 4.69) is 10.4 Å². The van der Waals surface area contributed by atoms with Gasteiger partial charge in [-0.1, -0.05) is 0 Å². The minimum Gasteiger partial charge on any atom is -0.396 e. The van der Waals surface area contributed by atoms with Crippen molar-refractivity contribution in [1.29, 1.82) is 0 Å². The highest BCUT2D eigenvalue weighted by Gasteiger charge is 2.21. The molecule has 1 aromatic heterocycles. The summed E-state index contributed by atoms with van der Waals surface area (Å²) in [7, 11) is 1.90. The fourth-order valence-electron chi connectivity index (χ4n) is 2.93. The highest BCUT2D eigenvalue weighted by atomic mass is 16.3. The van der Waals surface area contributed by atoms with Crippen molar-refractivity contribution in [2.75, 3.05) is 6.61 Å². The lowest BCUT2D eigenvalue weighted by Crippen LogP contribution is -2.38. The molecule has 1 saturated carbocycles. The average Bonchev–Trinajstić information content (AvgIpc) is 2.75. The van der Waals surface area contributed by atoms with Crippen LogP contribution in [-0.2, 0) is 18.3 Å². The Morgan fingerprint density at radius 3 is 2.70 bits per heavy atom. The van der Waals surface area contributed by atoms with E-state index < -0.39 is 0 Å². The van der Waals surface area contributed by atoms with E-state index in [4.69, 9.17) is 5.11 Å². The van der Waals surface area contributed by atoms with E-state index in [0.29, 0.717) is 18.4 Å². The van der Waals surface area contributed by atoms with Crippen molar-refractivity contribution in [2.24, 2.45) is 13.0 Å². The predicted octanol–water partition coefficient (Wildman–Crippen LogP) is 1.33. The van der Waals surface area contributed by atoms with Crippen LogP contribution < -0.4 is 5.32 Å². The van der Waals surface area contributed by atoms with E-state index in [9.17, 15) is 4.79 Å². The summed E-state index contributed by atoms with van der Waals surface area (Å²) in [5.74, 6) is 0.557. The molecule has 1 heterocycles. The number of hydrogen-bond donors (Lipinski definition) is 2. The zero-order chi connectivity index (χ0) is 14.5. The highest BCUT2D eigenvalue weighted by molar-refractivity contribution is 5.76. The Balaban J connectivity index is 1.72. The second-order valence-electron chi connectivity index (χ2n) is 5.88. The second-order valence-corrected chi connectivity index (χ2v) is 5.88. The van der Waals surface area contributed by atoms with Crippen molar-refractivity contribution in [3.05, 3.63) is 17.5 Å². The molecule has 20 heavy (non-hydrogen) atoms. The third kappa shape index (κ3) is 4.07. The molecule has 0 spiro atoms. The van der Waals surface area contributed by atoms with E-state index in [1.54, 1.807) is 4.68 Å². The van der Waals surface area contributed by atoms with Gasteiger partial charge in [-0.05, 0) is 50.5 Å². The summed E-state index contributed by atoms with van der Waals surface area (Å²) in [4.78, 5) is 12.0. The molecule has 0 radical (unpaired) electrons. The molecular formula is C15H25N3O2. The summed E-state index contributed by atoms with van der Waals surface area (Å²) < 4.78 is 1.79. The van der Waals surface area contributed by atoms with Crippen LogP contribution in [-0.4, -0.2) is 33.4 Å². The first-order valence-corrected chi connectivity index (χ1v) is 7.48. The molecule has 0 atom stereocenters. The first-order valence-electron chi connectivity index (χ1n) is 7.48. The average molecular weight is 279 g/mol. The second kappa shape index (κ2) is 6.88. The number of nitrogens with zero attached hydrogens (tertiary/aromatic N) is 2. The normalized spacial score (nSPS) is 22.8. The van der Waals surface area contributed by atoms with Gasteiger partial charge in [0.05, 0.1) is 5.69 Å². The van der Waals surface area contributed by atoms with Gasteiger partial charge in [-0.15, -0.1) is 0 Å². The third-order valence-corrected chi connectivity index (χ3v) is 4.21. The lowest BCUT2D eigenvalue weighted by atomic mass is 9.86. The fraction of sp³-hybridized carbons (Fsp3) is 0.733. The Bertz CT molecular complexity index is 448. The van der Waals surface area contributed by atoms with Gasteiger partial charge in [-0.3, -0.25) is 9.48 Å². The number of carbonyl (C=O) groups is 1. The summed E-state index contributed by atoms with van der Waals surface area (Å²) in [6.07, 6.45) is 7.26. The highest BCUT2D eigenvalue weighted by Crippen LogP contribution is 2.23. The predicted molar refractivity (Wildman–Crippen MR) is 77.2 cm³/mol. The summed E-state index contributed by atoms with van der Waals surface area (Å²) >= 11 is 0. The molecule has 2 rings (SSSR count). The maximum absolute atomic E-state index is 12.0. The van der Waals surface area contributed by atoms with E-state index >= 15 is 0 Å². The van der Waals surface area contributed by atoms with Crippen molar-refractivity contribution in [2.45, 2.75) is 51.5 Å². The van der Waals surface area contributed by atoms with Gasteiger partial charge in [-0.2, -0.15) is 5.10 Å². The third-order valence-electron chi connectivity index (χ3n) is 4.21. The van der Waals surface area contributed by atoms with Crippen LogP contribution in [0.1, 0.15) is 43.4 Å². The lowest BCUT2D eigenvalue weighted by Gasteiger charge is -2.27. The number of carbonyl (C=O) groups excluding carboxylic acids is 1. The summed E-state index contributed by atoms with van der Waals surface area (Å²) in [5, 5.41) is 16.5. The van der Waals surface area contributed by atoms with E-state index in [1.807, 2.05) is 20.2 Å². The minimum atomic E-state index is 0.126. The monoisotopic (exact) mass is 279 g/mol. The molecule has 0 saturated heterocycles. The molecule has 5 heteroatoms. The number of hydrogen-bond acceptors (Lipinski definition) is 3. The quantitative estimate of drug-likeness (QED) is 0.854. The minimum absolute atomic E-state index is 0.126. The van der Waals surface area contributed by atoms with Gasteiger partial charge in [0.1, 0.15) is 0 Å². The maximum Gasteiger partial charge on any atom is 0.220 e. The number of rotatable bonds is 5. The molecular weight excluding hydrogens is 254 g/mol. The molecule has 1 amide bonds. The zero-order valence-electron chi connectivity index (χ0n) is 12.4. The van der Waals surface area contributed by atoms with Crippen LogP contribution in [0.25, 0.3) is 0 Å². The smallest absolute Gasteiger partial charge is 0.220 e. The Morgan fingerprint density at radius 2 is 2.15 bits per heavy atom. The first kappa shape index (κ1) is 15.0. The Labute approximate surface area is 120 Å². The van der Waals surface area contributed by atoms with Crippen molar-refractivity contribution in [3.8, 4) is 0 Å². The van der Waals surface area contributed by atoms with Gasteiger partial charge >= 0.3 is 0 Å². The van der Waals surface area contributed by atoms with Gasteiger partial charge in [0.2, 0.25) is 5.91 Å². The molecule has 2 N–H and O–H groups in total. The molecule has 0 bridgehead atoms. The number of aromatic nitrogens is 2. The van der Waals surface area contributed by atoms with E-state index in [1.165, 1.54) is 0 Å². The molecule has 5 nitrogen and oxygen atoms in total. The van der Waals surface area contributed by atoms with Crippen molar-refractivity contribution >= 4 is 5.91 Å². The Hall–Kier alpha value is -1.36. The fourth-order valence-corrected chi connectivity index (χ4v) is 2.93. The molecule has 1 aliphatic carbocycles. The topological polar surface area (TPSA) is 67.2 Å². The van der Waals surface area contributed by atoms with Crippen molar-refractivity contribution in [3.63, 3.8) is 0 Å². The summed E-state index contributed by atoms with van der Waals surface area (Å²) in [6.45, 7) is 2.25. The molecule has 1 fully saturated rings. The lowest BCUT2D eigenvalue weighted by molar-refractivity contribution is -0.122. The van der Waals surface area contributed by atoms with Crippen LogP contribution in [0, 0.1) is 12.8 Å². The molecule has 0 unspecified atom stereocenters. The van der Waals surface area contributed by atoms with Gasteiger partial charge in [0, 0.05) is 32.3 Å². The van der Waals surface area contributed by atoms with Gasteiger partial charge in [0.15, 0.2) is 0 Å². The number of nitrogens with one attached hydrogen (secondary N) is 1. The van der Waals surface area contributed by atoms with Crippen LogP contribution in [0.3, 0.4) is 0 Å². The van der Waals surface area contributed by atoms with Crippen molar-refractivity contribution in [1.82, 2.24) is 15.1 Å². The zero-order valence-corrected chi connectivity index (χ0v) is 12.4. The van der Waals surface area contributed by atoms with Gasteiger partial charge in [-0.25, -0.2) is 0 Å². The summed E-state index contributed by atoms with van der Waals surface area (Å²) in [5.41, 5.74) is 2.15. The number of aliphatic hydroxyl groups excluding tert-OH is 1. The number of aliphatic hydroxyl groups is 1. The van der Waals surface area contributed by atoms with Crippen LogP contribution in [0.5, 0.6) is 0 Å². The standard InChI is InChI=1S/C15H25N3O2/c1-11-13(9-18(2)17-11)5-8-15(20)16-14-6-3-12(10-19)4-7-14/h9,12,14,19H,3-8,10H2,1-2H3,(H,16,20). The van der Waals surface area contributed by atoms with Crippen LogP contribution >= 0.6 is 0 Å². The van der Waals surface area contributed by atoms with E-state index in [-0.39, 0.29) is 12.5 Å². The molecule has 1 aromatic rings. The molecule has 112 valence electrons. The molecule has 0 aliphatic heterocycles. The maximum atomic E-state index is 12.0.